The number of hydrogen-bond donors (Lipinski definition) is 1. The normalized spacial score (nSPS) is 15.2. The molecule has 3 heterocycles. The molecule has 8 heteroatoms. The average Bonchev–Trinajstić information content (AvgIpc) is 3.40. The van der Waals surface area contributed by atoms with Crippen LogP contribution in [0.4, 0.5) is 0 Å². The van der Waals surface area contributed by atoms with Gasteiger partial charge in [-0.3, -0.25) is 14.4 Å². The number of rotatable bonds is 6. The fourth-order valence-electron chi connectivity index (χ4n) is 3.95. The lowest BCUT2D eigenvalue weighted by molar-refractivity contribution is -0.119. The number of para-hydroxylation sites is 1. The highest BCUT2D eigenvalue weighted by Gasteiger charge is 2.43. The van der Waals surface area contributed by atoms with E-state index in [9.17, 15) is 14.4 Å². The standard InChI is InChI=1S/C24H18N2O6/c25-19(27)13-31-15-9-7-14(8-10-15)21-20-22(28)17-5-1-2-6-18(17)32-23(20)24(29)26(21)12-16-4-3-11-30-16/h1-11,21H,12-13H2,(H2,25,27)/t21-/m0/s1. The first-order valence-electron chi connectivity index (χ1n) is 9.93. The molecule has 0 aliphatic carbocycles. The molecule has 0 saturated carbocycles. The van der Waals surface area contributed by atoms with Crippen LogP contribution in [0.25, 0.3) is 11.0 Å². The fourth-order valence-corrected chi connectivity index (χ4v) is 3.95. The van der Waals surface area contributed by atoms with E-state index < -0.39 is 17.9 Å². The van der Waals surface area contributed by atoms with E-state index in [1.807, 2.05) is 0 Å². The first-order chi connectivity index (χ1) is 15.5. The summed E-state index contributed by atoms with van der Waals surface area (Å²) in [5.74, 6) is 0.0749. The molecule has 0 unspecified atom stereocenters. The summed E-state index contributed by atoms with van der Waals surface area (Å²) in [4.78, 5) is 39.2. The van der Waals surface area contributed by atoms with Gasteiger partial charge in [-0.1, -0.05) is 24.3 Å². The third-order valence-electron chi connectivity index (χ3n) is 5.36. The van der Waals surface area contributed by atoms with E-state index in [0.717, 1.165) is 0 Å². The molecule has 0 bridgehead atoms. The number of hydrogen-bond acceptors (Lipinski definition) is 6. The third-order valence-corrected chi connectivity index (χ3v) is 5.36. The molecule has 0 fully saturated rings. The maximum atomic E-state index is 13.4. The lowest BCUT2D eigenvalue weighted by Crippen LogP contribution is -2.29. The van der Waals surface area contributed by atoms with Crippen LogP contribution < -0.4 is 15.9 Å². The highest BCUT2D eigenvalue weighted by atomic mass is 16.5. The first-order valence-corrected chi connectivity index (χ1v) is 9.93. The van der Waals surface area contributed by atoms with Crippen LogP contribution in [0.2, 0.25) is 0 Å². The van der Waals surface area contributed by atoms with Crippen LogP contribution in [0.3, 0.4) is 0 Å². The maximum Gasteiger partial charge on any atom is 0.291 e. The molecule has 4 aromatic rings. The summed E-state index contributed by atoms with van der Waals surface area (Å²) in [5.41, 5.74) is 6.20. The summed E-state index contributed by atoms with van der Waals surface area (Å²) in [6.07, 6.45) is 1.53. The molecule has 8 nitrogen and oxygen atoms in total. The van der Waals surface area contributed by atoms with Crippen molar-refractivity contribution >= 4 is 22.8 Å². The number of nitrogens with two attached hydrogens (primary N) is 1. The molecule has 2 aromatic carbocycles. The van der Waals surface area contributed by atoms with Crippen molar-refractivity contribution in [3.05, 3.63) is 99.8 Å². The van der Waals surface area contributed by atoms with Crippen molar-refractivity contribution in [1.82, 2.24) is 4.90 Å². The van der Waals surface area contributed by atoms with Crippen molar-refractivity contribution in [2.24, 2.45) is 5.73 Å². The molecule has 0 spiro atoms. The minimum atomic E-state index is -0.673. The van der Waals surface area contributed by atoms with E-state index in [1.54, 1.807) is 65.6 Å². The van der Waals surface area contributed by atoms with Crippen LogP contribution in [-0.2, 0) is 11.3 Å². The first kappa shape index (κ1) is 19.6. The van der Waals surface area contributed by atoms with E-state index in [-0.39, 0.29) is 29.9 Å². The molecule has 1 aliphatic rings. The third kappa shape index (κ3) is 3.31. The molecule has 0 saturated heterocycles. The number of fused-ring (bicyclic) bond motifs is 2. The molecular weight excluding hydrogens is 412 g/mol. The second-order valence-electron chi connectivity index (χ2n) is 7.41. The summed E-state index contributed by atoms with van der Waals surface area (Å²) in [6, 6.07) is 16.5. The van der Waals surface area contributed by atoms with Crippen molar-refractivity contribution in [2.45, 2.75) is 12.6 Å². The topological polar surface area (TPSA) is 116 Å². The largest absolute Gasteiger partial charge is 0.484 e. The highest BCUT2D eigenvalue weighted by Crippen LogP contribution is 2.39. The summed E-state index contributed by atoms with van der Waals surface area (Å²) >= 11 is 0. The highest BCUT2D eigenvalue weighted by molar-refractivity contribution is 5.99. The minimum absolute atomic E-state index is 0.0271. The molecule has 2 amide bonds. The van der Waals surface area contributed by atoms with Gasteiger partial charge in [-0.15, -0.1) is 0 Å². The number of carbonyl (C=O) groups is 2. The van der Waals surface area contributed by atoms with Gasteiger partial charge in [0.05, 0.1) is 29.8 Å². The molecule has 2 aromatic heterocycles. The van der Waals surface area contributed by atoms with Gasteiger partial charge in [0.15, 0.2) is 12.0 Å². The number of ether oxygens (including phenoxy) is 1. The Kier molecular flexibility index (Phi) is 4.74. The van der Waals surface area contributed by atoms with E-state index in [1.165, 1.54) is 6.26 Å². The predicted octanol–water partition coefficient (Wildman–Crippen LogP) is 3.00. The fraction of sp³-hybridized carbons (Fsp3) is 0.125. The number of benzene rings is 2. The number of primary amides is 1. The van der Waals surface area contributed by atoms with Crippen LogP contribution in [0.15, 0.2) is 80.6 Å². The van der Waals surface area contributed by atoms with Gasteiger partial charge in [0, 0.05) is 0 Å². The van der Waals surface area contributed by atoms with E-state index in [2.05, 4.69) is 0 Å². The summed E-state index contributed by atoms with van der Waals surface area (Å²) in [6.45, 7) is -0.0826. The monoisotopic (exact) mass is 430 g/mol. The number of carbonyl (C=O) groups excluding carboxylic acids is 2. The summed E-state index contributed by atoms with van der Waals surface area (Å²) in [7, 11) is 0. The Bertz CT molecular complexity index is 1370. The number of furan rings is 1. The van der Waals surface area contributed by atoms with Gasteiger partial charge in [0.2, 0.25) is 5.76 Å². The molecule has 1 aliphatic heterocycles. The van der Waals surface area contributed by atoms with Crippen molar-refractivity contribution < 1.29 is 23.2 Å². The Balaban J connectivity index is 1.62. The smallest absolute Gasteiger partial charge is 0.291 e. The molecule has 160 valence electrons. The Morgan fingerprint density at radius 3 is 2.53 bits per heavy atom. The Labute approximate surface area is 181 Å². The van der Waals surface area contributed by atoms with Gasteiger partial charge in [0.25, 0.3) is 11.8 Å². The lowest BCUT2D eigenvalue weighted by atomic mass is 9.98. The second kappa shape index (κ2) is 7.73. The van der Waals surface area contributed by atoms with E-state index in [0.29, 0.717) is 28.0 Å². The van der Waals surface area contributed by atoms with Gasteiger partial charge >= 0.3 is 0 Å². The summed E-state index contributed by atoms with van der Waals surface area (Å²) < 4.78 is 16.6. The van der Waals surface area contributed by atoms with Crippen molar-refractivity contribution in [3.8, 4) is 5.75 Å². The Morgan fingerprint density at radius 2 is 1.81 bits per heavy atom. The zero-order valence-corrected chi connectivity index (χ0v) is 16.8. The second-order valence-corrected chi connectivity index (χ2v) is 7.41. The van der Waals surface area contributed by atoms with Crippen molar-refractivity contribution in [3.63, 3.8) is 0 Å². The van der Waals surface area contributed by atoms with Crippen LogP contribution in [0.5, 0.6) is 5.75 Å². The van der Waals surface area contributed by atoms with Crippen LogP contribution in [-0.4, -0.2) is 23.3 Å². The van der Waals surface area contributed by atoms with Gasteiger partial charge in [0.1, 0.15) is 17.1 Å². The lowest BCUT2D eigenvalue weighted by Gasteiger charge is -2.24. The maximum absolute atomic E-state index is 13.4. The molecule has 32 heavy (non-hydrogen) atoms. The molecular formula is C24H18N2O6. The van der Waals surface area contributed by atoms with Gasteiger partial charge in [-0.25, -0.2) is 0 Å². The van der Waals surface area contributed by atoms with Crippen molar-refractivity contribution in [2.75, 3.05) is 6.61 Å². The minimum Gasteiger partial charge on any atom is -0.484 e. The van der Waals surface area contributed by atoms with Crippen molar-refractivity contribution in [1.29, 1.82) is 0 Å². The van der Waals surface area contributed by atoms with Crippen LogP contribution in [0, 0.1) is 0 Å². The van der Waals surface area contributed by atoms with Crippen LogP contribution in [0.1, 0.15) is 33.5 Å². The van der Waals surface area contributed by atoms with Crippen LogP contribution >= 0.6 is 0 Å². The van der Waals surface area contributed by atoms with E-state index in [4.69, 9.17) is 19.3 Å². The predicted molar refractivity (Wildman–Crippen MR) is 114 cm³/mol. The van der Waals surface area contributed by atoms with E-state index >= 15 is 0 Å². The molecule has 1 atom stereocenters. The molecule has 0 radical (unpaired) electrons. The van der Waals surface area contributed by atoms with Gasteiger partial charge < -0.3 is 24.2 Å². The summed E-state index contributed by atoms with van der Waals surface area (Å²) in [5, 5.41) is 0.408. The number of amides is 2. The zero-order valence-electron chi connectivity index (χ0n) is 16.8. The SMILES string of the molecule is NC(=O)COc1ccc([C@H]2c3c(oc4ccccc4c3=O)C(=O)N2Cc2ccco2)cc1. The van der Waals surface area contributed by atoms with Gasteiger partial charge in [-0.05, 0) is 42.0 Å². The molecule has 5 rings (SSSR count). The van der Waals surface area contributed by atoms with Gasteiger partial charge in [-0.2, -0.15) is 0 Å². The Morgan fingerprint density at radius 1 is 1.03 bits per heavy atom. The number of nitrogens with zero attached hydrogens (tertiary/aromatic N) is 1. The zero-order chi connectivity index (χ0) is 22.2. The molecule has 2 N–H and O–H groups in total. The Hall–Kier alpha value is -4.33. The quantitative estimate of drug-likeness (QED) is 0.503. The average molecular weight is 430 g/mol.